The fourth-order valence-corrected chi connectivity index (χ4v) is 1.16. The monoisotopic (exact) mass is 257 g/mol. The Morgan fingerprint density at radius 1 is 1.67 bits per heavy atom. The van der Waals surface area contributed by atoms with Gasteiger partial charge in [0.1, 0.15) is 0 Å². The highest BCUT2D eigenvalue weighted by atomic mass is 127. The molecule has 0 spiro atoms. The zero-order valence-electron chi connectivity index (χ0n) is 4.80. The summed E-state index contributed by atoms with van der Waals surface area (Å²) in [5.74, 6) is 0. The third-order valence-corrected chi connectivity index (χ3v) is 1.74. The first kappa shape index (κ1) is 9.32. The van der Waals surface area contributed by atoms with E-state index < -0.39 is 0 Å². The van der Waals surface area contributed by atoms with Crippen molar-refractivity contribution in [3.63, 3.8) is 0 Å². The van der Waals surface area contributed by atoms with E-state index in [1.165, 1.54) is 0 Å². The summed E-state index contributed by atoms with van der Waals surface area (Å²) >= 11 is 1.63. The van der Waals surface area contributed by atoms with Crippen LogP contribution in [0.5, 0.6) is 0 Å². The standard InChI is InChI=1S/C5H7NOS.HI/c7-3-1-5-6-2-4-8-5;/h2,4,7H,1,3H2;1H. The molecule has 0 aliphatic rings. The summed E-state index contributed by atoms with van der Waals surface area (Å²) in [6.45, 7) is 0.233. The fourth-order valence-electron chi connectivity index (χ4n) is 0.510. The van der Waals surface area contributed by atoms with E-state index in [1.807, 2.05) is 11.6 Å². The van der Waals surface area contributed by atoms with E-state index in [2.05, 4.69) is 4.98 Å². The third-order valence-electron chi connectivity index (χ3n) is 0.862. The summed E-state index contributed by atoms with van der Waals surface area (Å²) in [5.41, 5.74) is 0. The van der Waals surface area contributed by atoms with Gasteiger partial charge in [-0.25, -0.2) is 4.98 Å². The van der Waals surface area contributed by atoms with Gasteiger partial charge in [0.25, 0.3) is 0 Å². The van der Waals surface area contributed by atoms with Gasteiger partial charge in [0.05, 0.1) is 18.4 Å². The molecule has 4 heteroatoms. The average Bonchev–Trinajstić information content (AvgIpc) is 2.19. The Bertz CT molecular complexity index is 143. The van der Waals surface area contributed by atoms with Crippen molar-refractivity contribution in [2.24, 2.45) is 0 Å². The van der Waals surface area contributed by atoms with Gasteiger partial charge in [-0.1, -0.05) is 11.3 Å². The molecule has 9 heavy (non-hydrogen) atoms. The number of hydrogen-bond acceptors (Lipinski definition) is 2. The minimum atomic E-state index is 0. The topological polar surface area (TPSA) is 34.4 Å². The normalized spacial score (nSPS) is 8.56. The van der Waals surface area contributed by atoms with Crippen molar-refractivity contribution in [1.82, 2.24) is 0 Å². The number of nitrogens with one attached hydrogen (secondary N) is 1. The predicted octanol–water partition coefficient (Wildman–Crippen LogP) is -2.90. The summed E-state index contributed by atoms with van der Waals surface area (Å²) in [6, 6.07) is 0. The number of aliphatic hydroxyl groups excluding tert-OH is 1. The van der Waals surface area contributed by atoms with E-state index in [-0.39, 0.29) is 30.6 Å². The Labute approximate surface area is 75.0 Å². The first-order valence-corrected chi connectivity index (χ1v) is 3.36. The number of aromatic amines is 1. The second kappa shape index (κ2) is 5.13. The van der Waals surface area contributed by atoms with Gasteiger partial charge in [0.2, 0.25) is 5.01 Å². The SMILES string of the molecule is OCCc1[nH+]ccs1.[I-]. The van der Waals surface area contributed by atoms with Crippen molar-refractivity contribution in [2.45, 2.75) is 6.42 Å². The Balaban J connectivity index is 0.000000640. The van der Waals surface area contributed by atoms with Crippen LogP contribution in [-0.4, -0.2) is 11.7 Å². The zero-order chi connectivity index (χ0) is 5.82. The fraction of sp³-hybridized carbons (Fsp3) is 0.400. The van der Waals surface area contributed by atoms with E-state index in [9.17, 15) is 0 Å². The lowest BCUT2D eigenvalue weighted by molar-refractivity contribution is -0.382. The molecule has 0 atom stereocenters. The maximum absolute atomic E-state index is 8.42. The van der Waals surface area contributed by atoms with Crippen molar-refractivity contribution in [3.8, 4) is 0 Å². The van der Waals surface area contributed by atoms with Crippen LogP contribution in [0, 0.1) is 0 Å². The number of aromatic nitrogens is 1. The molecular formula is C5H8INOS. The van der Waals surface area contributed by atoms with Crippen LogP contribution in [0.1, 0.15) is 5.01 Å². The lowest BCUT2D eigenvalue weighted by Crippen LogP contribution is -3.00. The highest BCUT2D eigenvalue weighted by molar-refractivity contribution is 7.09. The van der Waals surface area contributed by atoms with Crippen LogP contribution in [-0.2, 0) is 6.42 Å². The molecule has 0 radical (unpaired) electrons. The molecule has 1 rings (SSSR count). The predicted molar refractivity (Wildman–Crippen MR) is 31.7 cm³/mol. The molecule has 1 aromatic heterocycles. The lowest BCUT2D eigenvalue weighted by Gasteiger charge is -1.78. The largest absolute Gasteiger partial charge is 1.00 e. The molecule has 0 saturated carbocycles. The molecule has 2 N–H and O–H groups in total. The molecule has 0 aliphatic heterocycles. The number of halogens is 1. The maximum atomic E-state index is 8.42. The van der Waals surface area contributed by atoms with E-state index in [1.54, 1.807) is 11.3 Å². The Kier molecular flexibility index (Phi) is 5.31. The first-order chi connectivity index (χ1) is 3.93. The maximum Gasteiger partial charge on any atom is 0.237 e. The van der Waals surface area contributed by atoms with Gasteiger partial charge < -0.3 is 29.1 Å². The Hall–Kier alpha value is 0.320. The molecule has 0 aliphatic carbocycles. The molecule has 0 amide bonds. The van der Waals surface area contributed by atoms with Crippen molar-refractivity contribution in [1.29, 1.82) is 0 Å². The molecule has 0 saturated heterocycles. The van der Waals surface area contributed by atoms with Crippen LogP contribution >= 0.6 is 11.3 Å². The minimum absolute atomic E-state index is 0. The number of H-pyrrole nitrogens is 1. The molecule has 2 nitrogen and oxygen atoms in total. The van der Waals surface area contributed by atoms with Crippen molar-refractivity contribution in [3.05, 3.63) is 16.6 Å². The van der Waals surface area contributed by atoms with Gasteiger partial charge in [0, 0.05) is 0 Å². The Morgan fingerprint density at radius 3 is 2.89 bits per heavy atom. The molecule has 0 fully saturated rings. The quantitative estimate of drug-likeness (QED) is 0.567. The summed E-state index contributed by atoms with van der Waals surface area (Å²) in [7, 11) is 0. The second-order valence-electron chi connectivity index (χ2n) is 1.46. The summed E-state index contributed by atoms with van der Waals surface area (Å²) in [6.07, 6.45) is 2.62. The van der Waals surface area contributed by atoms with Crippen LogP contribution in [0.15, 0.2) is 11.6 Å². The van der Waals surface area contributed by atoms with E-state index in [4.69, 9.17) is 5.11 Å². The van der Waals surface area contributed by atoms with Gasteiger partial charge in [-0.3, -0.25) is 0 Å². The first-order valence-electron chi connectivity index (χ1n) is 2.48. The van der Waals surface area contributed by atoms with Gasteiger partial charge in [-0.2, -0.15) is 0 Å². The molecule has 0 bridgehead atoms. The van der Waals surface area contributed by atoms with Gasteiger partial charge in [-0.15, -0.1) is 0 Å². The zero-order valence-corrected chi connectivity index (χ0v) is 7.78. The van der Waals surface area contributed by atoms with Crippen LogP contribution in [0.3, 0.4) is 0 Å². The summed E-state index contributed by atoms with van der Waals surface area (Å²) in [4.78, 5) is 3.00. The van der Waals surface area contributed by atoms with Crippen LogP contribution in [0.25, 0.3) is 0 Å². The average molecular weight is 257 g/mol. The summed E-state index contributed by atoms with van der Waals surface area (Å²) < 4.78 is 0. The number of thiazole rings is 1. The molecular weight excluding hydrogens is 249 g/mol. The minimum Gasteiger partial charge on any atom is -1.00 e. The molecule has 1 heterocycles. The molecule has 1 aromatic rings. The van der Waals surface area contributed by atoms with Crippen molar-refractivity contribution in [2.75, 3.05) is 6.61 Å². The van der Waals surface area contributed by atoms with E-state index in [0.29, 0.717) is 0 Å². The lowest BCUT2D eigenvalue weighted by atomic mass is 10.5. The van der Waals surface area contributed by atoms with E-state index >= 15 is 0 Å². The molecule has 0 aromatic carbocycles. The highest BCUT2D eigenvalue weighted by Gasteiger charge is 1.97. The van der Waals surface area contributed by atoms with Crippen LogP contribution in [0.2, 0.25) is 0 Å². The molecule has 52 valence electrons. The van der Waals surface area contributed by atoms with E-state index in [0.717, 1.165) is 11.4 Å². The van der Waals surface area contributed by atoms with Crippen LogP contribution < -0.4 is 29.0 Å². The van der Waals surface area contributed by atoms with Gasteiger partial charge in [-0.05, 0) is 0 Å². The number of rotatable bonds is 2. The number of hydrogen-bond donors (Lipinski definition) is 1. The highest BCUT2D eigenvalue weighted by Crippen LogP contribution is 1.98. The third kappa shape index (κ3) is 3.12. The molecule has 0 unspecified atom stereocenters. The smallest absolute Gasteiger partial charge is 0.237 e. The van der Waals surface area contributed by atoms with Crippen molar-refractivity contribution < 1.29 is 34.1 Å². The summed E-state index contributed by atoms with van der Waals surface area (Å²) in [5, 5.41) is 11.5. The van der Waals surface area contributed by atoms with Gasteiger partial charge >= 0.3 is 0 Å². The second-order valence-corrected chi connectivity index (χ2v) is 2.46. The Morgan fingerprint density at radius 2 is 2.44 bits per heavy atom. The number of aliphatic hydroxyl groups is 1. The van der Waals surface area contributed by atoms with Gasteiger partial charge in [0.15, 0.2) is 6.20 Å². The van der Waals surface area contributed by atoms with Crippen LogP contribution in [0.4, 0.5) is 0 Å². The van der Waals surface area contributed by atoms with Crippen molar-refractivity contribution >= 4 is 11.3 Å².